The predicted octanol–water partition coefficient (Wildman–Crippen LogP) is 1.63. The van der Waals surface area contributed by atoms with Gasteiger partial charge in [-0.25, -0.2) is 0 Å². The highest BCUT2D eigenvalue weighted by Crippen LogP contribution is 2.27. The number of nitrogen functional groups attached to an aromatic ring is 1. The van der Waals surface area contributed by atoms with Gasteiger partial charge < -0.3 is 15.8 Å². The average molecular weight is 240 g/mol. The summed E-state index contributed by atoms with van der Waals surface area (Å²) in [7, 11) is 0. The van der Waals surface area contributed by atoms with E-state index in [1.807, 2.05) is 19.2 Å². The molecular weight excluding hydrogens is 224 g/mol. The van der Waals surface area contributed by atoms with E-state index < -0.39 is 0 Å². The number of carbonyl (C=O) groups excluding carboxylic acids is 1. The van der Waals surface area contributed by atoms with E-state index in [1.165, 1.54) is 11.3 Å². The second kappa shape index (κ2) is 4.07. The number of hydrogen-bond acceptors (Lipinski definition) is 4. The number of nitrogens with one attached hydrogen (secondary N) is 1. The van der Waals surface area contributed by atoms with Gasteiger partial charge in [-0.3, -0.25) is 4.79 Å². The van der Waals surface area contributed by atoms with Gasteiger partial charge in [0.25, 0.3) is 5.91 Å². The smallest absolute Gasteiger partial charge is 0.263 e. The van der Waals surface area contributed by atoms with Gasteiger partial charge in [-0.2, -0.15) is 0 Å². The first-order valence-corrected chi connectivity index (χ1v) is 6.18. The molecular formula is C11H16N2O2S. The molecule has 0 spiro atoms. The van der Waals surface area contributed by atoms with Crippen LogP contribution < -0.4 is 11.1 Å². The summed E-state index contributed by atoms with van der Waals surface area (Å²) in [5, 5.41) is 4.84. The van der Waals surface area contributed by atoms with Gasteiger partial charge in [0.15, 0.2) is 0 Å². The van der Waals surface area contributed by atoms with E-state index in [0.717, 1.165) is 6.42 Å². The van der Waals surface area contributed by atoms with Gasteiger partial charge in [-0.05, 0) is 31.7 Å². The van der Waals surface area contributed by atoms with Crippen LogP contribution in [0.5, 0.6) is 0 Å². The Morgan fingerprint density at radius 1 is 1.75 bits per heavy atom. The Morgan fingerprint density at radius 2 is 2.50 bits per heavy atom. The minimum atomic E-state index is -0.284. The fraction of sp³-hybridized carbons (Fsp3) is 0.545. The number of carbonyl (C=O) groups is 1. The minimum absolute atomic E-state index is 0.0395. The molecule has 5 heteroatoms. The third-order valence-corrected chi connectivity index (χ3v) is 4.12. The van der Waals surface area contributed by atoms with Crippen LogP contribution in [0.1, 0.15) is 29.9 Å². The molecule has 4 nitrogen and oxygen atoms in total. The molecule has 0 saturated carbocycles. The van der Waals surface area contributed by atoms with Gasteiger partial charge in [0.1, 0.15) is 4.88 Å². The molecule has 1 aliphatic heterocycles. The van der Waals surface area contributed by atoms with Crippen LogP contribution in [-0.4, -0.2) is 24.2 Å². The van der Waals surface area contributed by atoms with Crippen molar-refractivity contribution >= 4 is 22.9 Å². The van der Waals surface area contributed by atoms with E-state index >= 15 is 0 Å². The number of ether oxygens (including phenoxy) is 1. The van der Waals surface area contributed by atoms with Crippen molar-refractivity contribution in [3.63, 3.8) is 0 Å². The second-order valence-corrected chi connectivity index (χ2v) is 5.26. The maximum Gasteiger partial charge on any atom is 0.263 e. The molecule has 1 saturated heterocycles. The maximum absolute atomic E-state index is 12.0. The molecule has 1 aromatic rings. The van der Waals surface area contributed by atoms with Crippen molar-refractivity contribution in [2.24, 2.45) is 0 Å². The summed E-state index contributed by atoms with van der Waals surface area (Å²) in [4.78, 5) is 12.6. The quantitative estimate of drug-likeness (QED) is 0.825. The van der Waals surface area contributed by atoms with Crippen molar-refractivity contribution < 1.29 is 9.53 Å². The van der Waals surface area contributed by atoms with Gasteiger partial charge >= 0.3 is 0 Å². The van der Waals surface area contributed by atoms with Gasteiger partial charge in [-0.15, -0.1) is 11.3 Å². The second-order valence-electron chi connectivity index (χ2n) is 4.34. The molecule has 1 amide bonds. The first-order valence-electron chi connectivity index (χ1n) is 5.30. The summed E-state index contributed by atoms with van der Waals surface area (Å²) in [6.07, 6.45) is 0.878. The van der Waals surface area contributed by atoms with Crippen LogP contribution in [0.25, 0.3) is 0 Å². The SMILES string of the molecule is CC1OCCC1(C)NC(=O)c1sccc1N. The number of amides is 1. The van der Waals surface area contributed by atoms with Gasteiger partial charge in [0, 0.05) is 6.61 Å². The molecule has 88 valence electrons. The maximum atomic E-state index is 12.0. The van der Waals surface area contributed by atoms with Crippen LogP contribution in [0.3, 0.4) is 0 Å². The third kappa shape index (κ3) is 1.92. The van der Waals surface area contributed by atoms with E-state index in [2.05, 4.69) is 5.32 Å². The number of anilines is 1. The highest BCUT2D eigenvalue weighted by Gasteiger charge is 2.38. The Balaban J connectivity index is 2.11. The lowest BCUT2D eigenvalue weighted by atomic mass is 9.94. The zero-order chi connectivity index (χ0) is 11.8. The summed E-state index contributed by atoms with van der Waals surface area (Å²) in [6.45, 7) is 4.68. The van der Waals surface area contributed by atoms with Crippen LogP contribution in [0.15, 0.2) is 11.4 Å². The standard InChI is InChI=1S/C11H16N2O2S/c1-7-11(2,4-5-15-7)13-10(14)9-8(12)3-6-16-9/h3,6-7H,4-5,12H2,1-2H3,(H,13,14). The Kier molecular flexibility index (Phi) is 2.90. The number of nitrogens with two attached hydrogens (primary N) is 1. The third-order valence-electron chi connectivity index (χ3n) is 3.19. The van der Waals surface area contributed by atoms with E-state index in [1.54, 1.807) is 6.07 Å². The lowest BCUT2D eigenvalue weighted by Crippen LogP contribution is -2.50. The van der Waals surface area contributed by atoms with Crippen molar-refractivity contribution in [3.05, 3.63) is 16.3 Å². The molecule has 0 radical (unpaired) electrons. The van der Waals surface area contributed by atoms with Crippen LogP contribution in [0.2, 0.25) is 0 Å². The highest BCUT2D eigenvalue weighted by atomic mass is 32.1. The minimum Gasteiger partial charge on any atom is -0.397 e. The Hall–Kier alpha value is -1.07. The zero-order valence-electron chi connectivity index (χ0n) is 9.45. The molecule has 0 bridgehead atoms. The summed E-state index contributed by atoms with van der Waals surface area (Å²) >= 11 is 1.36. The molecule has 3 N–H and O–H groups in total. The summed E-state index contributed by atoms with van der Waals surface area (Å²) in [5.41, 5.74) is 5.97. The van der Waals surface area contributed by atoms with Crippen molar-refractivity contribution in [3.8, 4) is 0 Å². The molecule has 2 unspecified atom stereocenters. The molecule has 1 aliphatic rings. The lowest BCUT2D eigenvalue weighted by Gasteiger charge is -2.28. The molecule has 2 rings (SSSR count). The summed E-state index contributed by atoms with van der Waals surface area (Å²) in [6, 6.07) is 1.75. The van der Waals surface area contributed by atoms with Crippen LogP contribution >= 0.6 is 11.3 Å². The average Bonchev–Trinajstić information content (AvgIpc) is 2.75. The molecule has 1 aromatic heterocycles. The van der Waals surface area contributed by atoms with E-state index in [4.69, 9.17) is 10.5 Å². The molecule has 16 heavy (non-hydrogen) atoms. The summed E-state index contributed by atoms with van der Waals surface area (Å²) < 4.78 is 5.47. The Morgan fingerprint density at radius 3 is 3.00 bits per heavy atom. The van der Waals surface area contributed by atoms with Crippen molar-refractivity contribution in [1.82, 2.24) is 5.32 Å². The zero-order valence-corrected chi connectivity index (χ0v) is 10.3. The van der Waals surface area contributed by atoms with Crippen LogP contribution in [0, 0.1) is 0 Å². The summed E-state index contributed by atoms with van der Waals surface area (Å²) in [5.74, 6) is -0.104. The van der Waals surface area contributed by atoms with E-state index in [9.17, 15) is 4.79 Å². The number of rotatable bonds is 2. The molecule has 2 atom stereocenters. The Labute approximate surface area is 98.8 Å². The molecule has 2 heterocycles. The first-order chi connectivity index (χ1) is 7.53. The molecule has 0 aromatic carbocycles. The number of hydrogen-bond donors (Lipinski definition) is 2. The predicted molar refractivity (Wildman–Crippen MR) is 64.6 cm³/mol. The van der Waals surface area contributed by atoms with Crippen LogP contribution in [-0.2, 0) is 4.74 Å². The molecule has 1 fully saturated rings. The van der Waals surface area contributed by atoms with Crippen molar-refractivity contribution in [2.75, 3.05) is 12.3 Å². The topological polar surface area (TPSA) is 64.3 Å². The fourth-order valence-corrected chi connectivity index (χ4v) is 2.53. The van der Waals surface area contributed by atoms with Gasteiger partial charge in [0.05, 0.1) is 17.3 Å². The monoisotopic (exact) mass is 240 g/mol. The van der Waals surface area contributed by atoms with Crippen molar-refractivity contribution in [1.29, 1.82) is 0 Å². The fourth-order valence-electron chi connectivity index (χ4n) is 1.82. The lowest BCUT2D eigenvalue weighted by molar-refractivity contribution is 0.0730. The normalized spacial score (nSPS) is 29.2. The first kappa shape index (κ1) is 11.4. The van der Waals surface area contributed by atoms with E-state index in [0.29, 0.717) is 17.2 Å². The van der Waals surface area contributed by atoms with Gasteiger partial charge in [0.2, 0.25) is 0 Å². The van der Waals surface area contributed by atoms with E-state index in [-0.39, 0.29) is 17.6 Å². The van der Waals surface area contributed by atoms with Crippen molar-refractivity contribution in [2.45, 2.75) is 31.9 Å². The van der Waals surface area contributed by atoms with Crippen LogP contribution in [0.4, 0.5) is 5.69 Å². The highest BCUT2D eigenvalue weighted by molar-refractivity contribution is 7.12. The van der Waals surface area contributed by atoms with Gasteiger partial charge in [-0.1, -0.05) is 0 Å². The molecule has 0 aliphatic carbocycles. The number of thiophene rings is 1. The Bertz CT molecular complexity index is 404. The largest absolute Gasteiger partial charge is 0.397 e.